The average Bonchev–Trinajstić information content (AvgIpc) is 3.26. The highest BCUT2D eigenvalue weighted by molar-refractivity contribution is 5.79. The number of ketones is 1. The maximum atomic E-state index is 12.7. The summed E-state index contributed by atoms with van der Waals surface area (Å²) in [7, 11) is 0. The third-order valence-electron chi connectivity index (χ3n) is 14.9. The molecule has 4 aliphatic carbocycles. The van der Waals surface area contributed by atoms with Gasteiger partial charge in [0.05, 0.1) is 0 Å². The van der Waals surface area contributed by atoms with Gasteiger partial charge in [0.1, 0.15) is 5.78 Å². The van der Waals surface area contributed by atoms with Gasteiger partial charge in [-0.1, -0.05) is 39.5 Å². The fraction of sp³-hybridized carbons (Fsp3) is 0.935. The number of nitrogens with one attached hydrogen (secondary N) is 3. The predicted octanol–water partition coefficient (Wildman–Crippen LogP) is 7.51. The molecule has 4 atom stereocenters. The summed E-state index contributed by atoms with van der Waals surface area (Å²) >= 11 is 0. The second kappa shape index (κ2) is 23.7. The first-order valence-electron chi connectivity index (χ1n) is 24.2. The van der Waals surface area contributed by atoms with Gasteiger partial charge in [-0.2, -0.15) is 0 Å². The first-order valence-corrected chi connectivity index (χ1v) is 24.2. The molecule has 11 heteroatoms. The second-order valence-corrected chi connectivity index (χ2v) is 19.0. The van der Waals surface area contributed by atoms with Crippen molar-refractivity contribution in [2.45, 2.75) is 185 Å². The highest BCUT2D eigenvalue weighted by atomic mass is 16.5. The Bertz CT molecular complexity index is 1190. The predicted molar refractivity (Wildman–Crippen MR) is 227 cm³/mol. The number of amides is 4. The molecular weight excluding hydrogens is 717 g/mol. The maximum absolute atomic E-state index is 12.7. The Morgan fingerprint density at radius 1 is 0.544 bits per heavy atom. The Labute approximate surface area is 346 Å². The largest absolute Gasteiger partial charge is 0.381 e. The van der Waals surface area contributed by atoms with Crippen molar-refractivity contribution in [2.24, 2.45) is 23.7 Å². The van der Waals surface area contributed by atoms with Gasteiger partial charge >= 0.3 is 12.1 Å². The zero-order chi connectivity index (χ0) is 39.8. The molecule has 0 unspecified atom stereocenters. The van der Waals surface area contributed by atoms with E-state index in [4.69, 9.17) is 9.47 Å². The summed E-state index contributed by atoms with van der Waals surface area (Å²) in [5, 5.41) is 9.67. The van der Waals surface area contributed by atoms with Gasteiger partial charge in [0.2, 0.25) is 0 Å². The number of fused-ring (bicyclic) bond motifs is 2. The quantitative estimate of drug-likeness (QED) is 0.186. The van der Waals surface area contributed by atoms with Gasteiger partial charge in [0, 0.05) is 95.7 Å². The zero-order valence-electron chi connectivity index (χ0n) is 36.2. The molecule has 0 aromatic heterocycles. The van der Waals surface area contributed by atoms with Gasteiger partial charge in [0.15, 0.2) is 0 Å². The van der Waals surface area contributed by atoms with Crippen molar-refractivity contribution in [2.75, 3.05) is 65.7 Å². The number of piperidine rings is 2. The molecule has 3 N–H and O–H groups in total. The van der Waals surface area contributed by atoms with Crippen molar-refractivity contribution in [1.29, 1.82) is 0 Å². The van der Waals surface area contributed by atoms with Crippen LogP contribution in [0.3, 0.4) is 0 Å². The molecule has 4 saturated carbocycles. The van der Waals surface area contributed by atoms with E-state index in [0.717, 1.165) is 129 Å². The summed E-state index contributed by atoms with van der Waals surface area (Å²) in [4.78, 5) is 42.9. The number of carbonyl (C=O) groups excluding carboxylic acids is 3. The first-order chi connectivity index (χ1) is 27.9. The van der Waals surface area contributed by atoms with E-state index in [1.54, 1.807) is 0 Å². The van der Waals surface area contributed by atoms with Gasteiger partial charge in [0.25, 0.3) is 0 Å². The van der Waals surface area contributed by atoms with Crippen molar-refractivity contribution in [3.05, 3.63) is 0 Å². The summed E-state index contributed by atoms with van der Waals surface area (Å²) in [5.74, 6) is 3.25. The van der Waals surface area contributed by atoms with Crippen LogP contribution in [-0.4, -0.2) is 128 Å². The van der Waals surface area contributed by atoms with E-state index < -0.39 is 0 Å². The number of rotatable bonds is 11. The Kier molecular flexibility index (Phi) is 18.6. The molecule has 0 aromatic rings. The number of ether oxygens (including phenoxy) is 2. The molecule has 0 aromatic carbocycles. The number of Topliss-reactive ketones (excluding diaryl/α,β-unsaturated/α-hetero) is 1. The fourth-order valence-electron chi connectivity index (χ4n) is 11.6. The minimum Gasteiger partial charge on any atom is -0.381 e. The summed E-state index contributed by atoms with van der Waals surface area (Å²) in [6, 6.07) is 3.15. The summed E-state index contributed by atoms with van der Waals surface area (Å²) in [6.07, 6.45) is 26.1. The molecule has 4 heterocycles. The van der Waals surface area contributed by atoms with Crippen LogP contribution < -0.4 is 16.0 Å². The summed E-state index contributed by atoms with van der Waals surface area (Å²) in [6.45, 7) is 14.2. The Morgan fingerprint density at radius 2 is 1.02 bits per heavy atom. The monoisotopic (exact) mass is 799 g/mol. The van der Waals surface area contributed by atoms with Crippen LogP contribution >= 0.6 is 0 Å². The number of nitrogens with zero attached hydrogens (tertiary/aromatic N) is 3. The smallest absolute Gasteiger partial charge is 0.317 e. The van der Waals surface area contributed by atoms with E-state index >= 15 is 0 Å². The molecule has 4 amide bonds. The van der Waals surface area contributed by atoms with Crippen LogP contribution in [0.4, 0.5) is 9.59 Å². The van der Waals surface area contributed by atoms with E-state index in [2.05, 4.69) is 44.5 Å². The van der Waals surface area contributed by atoms with Crippen molar-refractivity contribution < 1.29 is 23.9 Å². The minimum absolute atomic E-state index is 0.194. The summed E-state index contributed by atoms with van der Waals surface area (Å²) in [5.41, 5.74) is 0. The summed E-state index contributed by atoms with van der Waals surface area (Å²) < 4.78 is 11.2. The first kappa shape index (κ1) is 44.6. The van der Waals surface area contributed by atoms with Gasteiger partial charge in [-0.15, -0.1) is 0 Å². The number of carbonyl (C=O) groups is 3. The highest BCUT2D eigenvalue weighted by Gasteiger charge is 2.43. The molecule has 326 valence electrons. The van der Waals surface area contributed by atoms with Crippen molar-refractivity contribution in [3.8, 4) is 0 Å². The van der Waals surface area contributed by atoms with E-state index in [0.29, 0.717) is 47.7 Å². The van der Waals surface area contributed by atoms with Crippen molar-refractivity contribution >= 4 is 17.8 Å². The number of likely N-dealkylation sites (tertiary alicyclic amines) is 1. The topological polar surface area (TPSA) is 115 Å². The van der Waals surface area contributed by atoms with Crippen LogP contribution in [0.5, 0.6) is 0 Å². The van der Waals surface area contributed by atoms with E-state index in [1.807, 2.05) is 0 Å². The van der Waals surface area contributed by atoms with Crippen LogP contribution in [0.1, 0.15) is 155 Å². The fourth-order valence-corrected chi connectivity index (χ4v) is 11.6. The SMILES string of the molecule is CCCOCC1CCC(=O)CC1.CCCOCC1CCC(N2CCC(N3C(=O)NC[C@H]4CCCC[C@@H]43)CC2)CC1.O=C1NC[C@H]2CCCC[C@@H]2N1C1CCNCC1. The number of hydrogen-bond donors (Lipinski definition) is 3. The lowest BCUT2D eigenvalue weighted by atomic mass is 9.80. The third-order valence-corrected chi connectivity index (χ3v) is 14.9. The molecule has 0 bridgehead atoms. The second-order valence-electron chi connectivity index (χ2n) is 19.0. The van der Waals surface area contributed by atoms with Gasteiger partial charge in [-0.05, 0) is 139 Å². The van der Waals surface area contributed by atoms with E-state index in [1.165, 1.54) is 90.1 Å². The van der Waals surface area contributed by atoms with Crippen LogP contribution in [0.2, 0.25) is 0 Å². The van der Waals surface area contributed by atoms with Crippen LogP contribution in [-0.2, 0) is 14.3 Å². The molecule has 8 aliphatic rings. The molecule has 8 rings (SSSR count). The lowest BCUT2D eigenvalue weighted by Crippen LogP contribution is -2.63. The standard InChI is InChI=1S/C23H41N3O2.C13H23N3O.C10H18O2/c1-2-15-28-17-18-7-9-20(10-8-18)25-13-11-21(12-14-25)26-22-6-4-3-5-19(22)16-24-23(26)27;17-13-15-9-10-3-1-2-4-12(10)16(13)11-5-7-14-8-6-11;1-2-7-12-8-9-3-5-10(11)6-4-9/h18-22H,2-17H2,1H3,(H,24,27);10-12,14H,1-9H2,(H,15,17);9H,2-8H2,1H3/t18?,19-,20?,22+;10-,12+;/m11./s1. The molecule has 8 fully saturated rings. The molecule has 4 saturated heterocycles. The van der Waals surface area contributed by atoms with Gasteiger partial charge in [-0.3, -0.25) is 4.79 Å². The maximum Gasteiger partial charge on any atom is 0.317 e. The van der Waals surface area contributed by atoms with Crippen LogP contribution in [0.25, 0.3) is 0 Å². The van der Waals surface area contributed by atoms with Crippen molar-refractivity contribution in [3.63, 3.8) is 0 Å². The minimum atomic E-state index is 0.194. The third kappa shape index (κ3) is 13.0. The Balaban J connectivity index is 0.000000160. The van der Waals surface area contributed by atoms with Gasteiger partial charge < -0.3 is 40.1 Å². The highest BCUT2D eigenvalue weighted by Crippen LogP contribution is 2.36. The van der Waals surface area contributed by atoms with Crippen molar-refractivity contribution in [1.82, 2.24) is 30.7 Å². The normalized spacial score (nSPS) is 32.1. The Hall–Kier alpha value is -1.95. The molecule has 57 heavy (non-hydrogen) atoms. The lowest BCUT2D eigenvalue weighted by Gasteiger charge is -2.50. The lowest BCUT2D eigenvalue weighted by molar-refractivity contribution is -0.121. The molecule has 0 radical (unpaired) electrons. The molecular formula is C46H82N6O5. The number of hydrogen-bond acceptors (Lipinski definition) is 7. The van der Waals surface area contributed by atoms with Crippen LogP contribution in [0.15, 0.2) is 0 Å². The Morgan fingerprint density at radius 3 is 1.53 bits per heavy atom. The molecule has 4 aliphatic heterocycles. The average molecular weight is 799 g/mol. The van der Waals surface area contributed by atoms with E-state index in [9.17, 15) is 14.4 Å². The van der Waals surface area contributed by atoms with E-state index in [-0.39, 0.29) is 12.1 Å². The van der Waals surface area contributed by atoms with Crippen LogP contribution in [0, 0.1) is 23.7 Å². The number of urea groups is 2. The zero-order valence-corrected chi connectivity index (χ0v) is 36.2. The molecule has 0 spiro atoms. The molecule has 11 nitrogen and oxygen atoms in total. The van der Waals surface area contributed by atoms with Gasteiger partial charge in [-0.25, -0.2) is 9.59 Å².